The molecule has 2 aromatic carbocycles. The molecule has 0 spiro atoms. The zero-order chi connectivity index (χ0) is 88.4. The normalized spacial score (nSPS) is 32.1. The number of amides is 3. The number of aliphatic carboxylic acids is 1. The number of ether oxygens (including phenoxy) is 11. The predicted molar refractivity (Wildman–Crippen MR) is 436 cm³/mol. The molecule has 0 saturated carbocycles. The van der Waals surface area contributed by atoms with Gasteiger partial charge in [0.25, 0.3) is 5.79 Å². The predicted octanol–water partition coefficient (Wildman–Crippen LogP) is 1.30. The minimum Gasteiger partial charge on any atom is -0.477 e. The highest BCUT2D eigenvalue weighted by Crippen LogP contribution is 2.46. The number of nitrogens with two attached hydrogens (primary N) is 1. The lowest BCUT2D eigenvalue weighted by Crippen LogP contribution is -2.72. The van der Waals surface area contributed by atoms with Crippen LogP contribution in [0.25, 0.3) is 11.1 Å². The lowest BCUT2D eigenvalue weighted by molar-refractivity contribution is -0.403. The molecule has 696 valence electrons. The van der Waals surface area contributed by atoms with E-state index in [2.05, 4.69) is 47.1 Å². The van der Waals surface area contributed by atoms with Gasteiger partial charge in [-0.05, 0) is 47.9 Å². The van der Waals surface area contributed by atoms with E-state index in [9.17, 15) is 106 Å². The van der Waals surface area contributed by atoms with Crippen LogP contribution in [-0.2, 0) is 66.5 Å². The zero-order valence-electron chi connectivity index (χ0n) is 70.4. The number of aliphatic hydroxyl groups excluding tert-OH is 16. The summed E-state index contributed by atoms with van der Waals surface area (Å²) in [5, 5.41) is 197. The van der Waals surface area contributed by atoms with Gasteiger partial charge < -0.3 is 161 Å². The fourth-order valence-electron chi connectivity index (χ4n) is 16.8. The molecule has 1 aliphatic carbocycles. The topological polar surface area (TPSA) is 576 Å². The zero-order valence-corrected chi connectivity index (χ0v) is 70.4. The molecular formula is C86H140N4O32. The average molecular weight is 1740 g/mol. The van der Waals surface area contributed by atoms with Gasteiger partial charge in [-0.15, -0.1) is 0 Å². The summed E-state index contributed by atoms with van der Waals surface area (Å²) in [5.41, 5.74) is 10.9. The van der Waals surface area contributed by atoms with Gasteiger partial charge in [-0.2, -0.15) is 0 Å². The molecule has 5 fully saturated rings. The van der Waals surface area contributed by atoms with E-state index in [1.165, 1.54) is 92.9 Å². The first kappa shape index (κ1) is 102. The van der Waals surface area contributed by atoms with Gasteiger partial charge in [0.05, 0.1) is 63.9 Å². The number of alkyl carbamates (subject to hydrolysis) is 1. The molecule has 0 bridgehead atoms. The Balaban J connectivity index is 0.853. The van der Waals surface area contributed by atoms with Crippen LogP contribution < -0.4 is 21.7 Å². The van der Waals surface area contributed by atoms with E-state index in [1.807, 2.05) is 30.3 Å². The minimum atomic E-state index is -3.31. The molecular weight excluding hydrogens is 1600 g/mol. The lowest BCUT2D eigenvalue weighted by Gasteiger charge is -2.52. The number of hydrogen-bond acceptors (Lipinski definition) is 32. The van der Waals surface area contributed by atoms with Crippen LogP contribution >= 0.6 is 0 Å². The molecule has 28 atom stereocenters. The number of allylic oxidation sites excluding steroid dienone is 1. The molecule has 5 saturated heterocycles. The summed E-state index contributed by atoms with van der Waals surface area (Å²) in [6.45, 7) is -1.92. The van der Waals surface area contributed by atoms with E-state index in [0.717, 1.165) is 96.8 Å². The van der Waals surface area contributed by atoms with Crippen LogP contribution in [0.3, 0.4) is 0 Å². The summed E-state index contributed by atoms with van der Waals surface area (Å²) in [6.07, 6.45) is -18.1. The fraction of sp³-hybridized carbons (Fsp3) is 0.791. The summed E-state index contributed by atoms with van der Waals surface area (Å²) < 4.78 is 65.7. The molecule has 0 aromatic heterocycles. The second-order valence-corrected chi connectivity index (χ2v) is 33.2. The van der Waals surface area contributed by atoms with E-state index in [-0.39, 0.29) is 18.4 Å². The standard InChI is InChI=1S/C86H140N4O32/c1-3-4-5-6-7-8-9-13-16-19-22-25-28-39-57(97)56(90-64(100)40-29-26-23-20-17-14-11-10-12-15-18-21-24-27-34-41-88-85(111)113-48-55-53-37-32-30-35-51(53)52-36-31-33-38-54(52)55)49-112-81-73(107)71(105)75(62(46-94)116-81)118-83-74(108)79(122-86(84(109)110)42-58(98)65(87)77(121-86)67(101)59(99)43-91)76(63(47-95)117-83)119-80-66(89-50(2)96)78(69(103)61(45-93)114-80)120-82-72(106)70(104)68(102)60(44-92)115-82/h28,30-33,35-39,55-63,65-83,91-95,97-99,101-108H,3-27,29,34,40-49,87H2,1-2H3,(H,88,111)(H,89,96)(H,90,100)(H,109,110)/b39-28+/t56-,57+,58-,59+,60+,61+,62+,63+,65+,66+,67+,68-,69-,70-,71+,72+,73+,74+,75+,76-,77+,78+,79+,80-,81+,82-,83-,86-/m0/s1. The van der Waals surface area contributed by atoms with E-state index in [4.69, 9.17) is 57.8 Å². The maximum atomic E-state index is 13.7. The van der Waals surface area contributed by atoms with Crippen LogP contribution in [0.5, 0.6) is 0 Å². The Morgan fingerprint density at radius 2 is 1.03 bits per heavy atom. The summed E-state index contributed by atoms with van der Waals surface area (Å²) in [5.74, 6) is -6.71. The van der Waals surface area contributed by atoms with Crippen molar-refractivity contribution >= 4 is 23.9 Å². The van der Waals surface area contributed by atoms with Gasteiger partial charge in [0.1, 0.15) is 123 Å². The van der Waals surface area contributed by atoms with Crippen LogP contribution in [0.15, 0.2) is 60.7 Å². The number of carbonyl (C=O) groups is 4. The van der Waals surface area contributed by atoms with Crippen molar-refractivity contribution in [3.05, 3.63) is 71.8 Å². The molecule has 8 rings (SSSR count). The third-order valence-electron chi connectivity index (χ3n) is 24.0. The van der Waals surface area contributed by atoms with Crippen LogP contribution in [0.4, 0.5) is 4.79 Å². The molecule has 22 N–H and O–H groups in total. The van der Waals surface area contributed by atoms with Crippen LogP contribution in [-0.4, -0.2) is 335 Å². The first-order valence-electron chi connectivity index (χ1n) is 44.2. The second kappa shape index (κ2) is 52.9. The van der Waals surface area contributed by atoms with Gasteiger partial charge in [0, 0.05) is 32.2 Å². The number of carboxylic acid groups (broad SMARTS) is 1. The Morgan fingerprint density at radius 3 is 1.59 bits per heavy atom. The van der Waals surface area contributed by atoms with Gasteiger partial charge >= 0.3 is 12.1 Å². The number of carboxylic acids is 1. The smallest absolute Gasteiger partial charge is 0.407 e. The summed E-state index contributed by atoms with van der Waals surface area (Å²) in [4.78, 5) is 53.1. The van der Waals surface area contributed by atoms with Crippen molar-refractivity contribution in [2.75, 3.05) is 52.8 Å². The van der Waals surface area contributed by atoms with Gasteiger partial charge in [-0.3, -0.25) is 9.59 Å². The van der Waals surface area contributed by atoms with Crippen molar-refractivity contribution in [1.29, 1.82) is 0 Å². The van der Waals surface area contributed by atoms with E-state index in [0.29, 0.717) is 26.0 Å². The number of aliphatic hydroxyl groups is 16. The van der Waals surface area contributed by atoms with Gasteiger partial charge in [0.15, 0.2) is 25.2 Å². The van der Waals surface area contributed by atoms with Crippen molar-refractivity contribution in [2.45, 2.75) is 377 Å². The number of nitrogens with one attached hydrogen (secondary N) is 3. The first-order valence-corrected chi connectivity index (χ1v) is 44.2. The minimum absolute atomic E-state index is 0.0230. The van der Waals surface area contributed by atoms with Crippen molar-refractivity contribution in [3.8, 4) is 11.1 Å². The highest BCUT2D eigenvalue weighted by atomic mass is 16.8. The van der Waals surface area contributed by atoms with Crippen molar-refractivity contribution < 1.29 is 158 Å². The highest BCUT2D eigenvalue weighted by molar-refractivity contribution is 5.79. The highest BCUT2D eigenvalue weighted by Gasteiger charge is 2.62. The first-order chi connectivity index (χ1) is 58.8. The van der Waals surface area contributed by atoms with Gasteiger partial charge in [-0.25, -0.2) is 9.59 Å². The van der Waals surface area contributed by atoms with Crippen LogP contribution in [0, 0.1) is 0 Å². The maximum Gasteiger partial charge on any atom is 0.407 e. The molecule has 3 amide bonds. The second-order valence-electron chi connectivity index (χ2n) is 33.2. The Morgan fingerprint density at radius 1 is 0.549 bits per heavy atom. The molecule has 36 nitrogen and oxygen atoms in total. The number of rotatable bonds is 55. The molecule has 36 heteroatoms. The number of hydrogen-bond donors (Lipinski definition) is 21. The Labute approximate surface area is 713 Å². The number of benzene rings is 2. The molecule has 5 heterocycles. The molecule has 0 unspecified atom stereocenters. The molecule has 5 aliphatic heterocycles. The van der Waals surface area contributed by atoms with E-state index < -0.39 is 235 Å². The molecule has 0 radical (unpaired) electrons. The lowest BCUT2D eigenvalue weighted by atomic mass is 9.88. The monoisotopic (exact) mass is 1740 g/mol. The number of carbonyl (C=O) groups excluding carboxylic acids is 3. The maximum absolute atomic E-state index is 13.7. The molecule has 122 heavy (non-hydrogen) atoms. The quantitative estimate of drug-likeness (QED) is 0.0328. The SMILES string of the molecule is CCCCCCCCCCCCC/C=C/[C@@H](O)[C@H](CO[C@@H]1O[C@H](CO)[C@@H](O[C@@H]2O[C@H](CO)[C@H](O[C@@H]3O[C@H](CO)[C@H](O)[C@H](O[C@@H]4O[C@H](CO)[C@H](O)[C@H](O)[C@H]4O)[C@H]3NC(C)=O)[C@H](O[C@]3(C(=O)O)C[C@H](O)[C@@H](N)[C@H]([C@H](O)[C@H](O)CO)O3)[C@H]2O)[C@H](O)[C@H]1O)NC(=O)CCCCCCCCCCCCCCCCCNC(=O)OCC1c2ccccc2-c2ccccc21. The molecule has 2 aromatic rings. The molecule has 6 aliphatic rings. The van der Waals surface area contributed by atoms with Gasteiger partial charge in [0.2, 0.25) is 11.8 Å². The van der Waals surface area contributed by atoms with E-state index in [1.54, 1.807) is 6.08 Å². The van der Waals surface area contributed by atoms with Gasteiger partial charge in [-0.1, -0.05) is 215 Å². The van der Waals surface area contributed by atoms with Crippen molar-refractivity contribution in [3.63, 3.8) is 0 Å². The third kappa shape index (κ3) is 29.1. The number of fused-ring (bicyclic) bond motifs is 3. The summed E-state index contributed by atoms with van der Waals surface area (Å²) in [6, 6.07) is 11.8. The summed E-state index contributed by atoms with van der Waals surface area (Å²) >= 11 is 0. The third-order valence-corrected chi connectivity index (χ3v) is 24.0. The van der Waals surface area contributed by atoms with Crippen LogP contribution in [0.2, 0.25) is 0 Å². The Kier molecular flexibility index (Phi) is 44.3. The number of unbranched alkanes of at least 4 members (excludes halogenated alkanes) is 25. The summed E-state index contributed by atoms with van der Waals surface area (Å²) in [7, 11) is 0. The Hall–Kier alpha value is -5.22. The largest absolute Gasteiger partial charge is 0.477 e. The Bertz CT molecular complexity index is 3330. The average Bonchev–Trinajstić information content (AvgIpc) is 1.07. The fourth-order valence-corrected chi connectivity index (χ4v) is 16.8. The van der Waals surface area contributed by atoms with Crippen molar-refractivity contribution in [1.82, 2.24) is 16.0 Å². The van der Waals surface area contributed by atoms with Crippen LogP contribution in [0.1, 0.15) is 217 Å². The van der Waals surface area contributed by atoms with E-state index >= 15 is 0 Å². The van der Waals surface area contributed by atoms with Crippen molar-refractivity contribution in [2.24, 2.45) is 5.73 Å².